The average Bonchev–Trinajstić information content (AvgIpc) is 2.56. The highest BCUT2D eigenvalue weighted by Crippen LogP contribution is 2.25. The summed E-state index contributed by atoms with van der Waals surface area (Å²) in [7, 11) is -3.90. The lowest BCUT2D eigenvalue weighted by Gasteiger charge is -2.12. The lowest BCUT2D eigenvalue weighted by atomic mass is 10.1. The van der Waals surface area contributed by atoms with E-state index in [4.69, 9.17) is 11.6 Å². The van der Waals surface area contributed by atoms with Crippen LogP contribution >= 0.6 is 11.6 Å². The number of halogens is 1. The minimum atomic E-state index is -3.90. The monoisotopic (exact) mass is 393 g/mol. The summed E-state index contributed by atoms with van der Waals surface area (Å²) in [4.78, 5) is 22.4. The van der Waals surface area contributed by atoms with Gasteiger partial charge in [-0.3, -0.25) is 14.3 Å². The van der Waals surface area contributed by atoms with Crippen LogP contribution in [0.15, 0.2) is 53.4 Å². The van der Waals surface area contributed by atoms with Crippen LogP contribution in [0.3, 0.4) is 0 Å². The molecule has 0 aliphatic carbocycles. The molecule has 2 N–H and O–H groups in total. The van der Waals surface area contributed by atoms with Crippen LogP contribution in [-0.2, 0) is 19.6 Å². The van der Waals surface area contributed by atoms with Gasteiger partial charge >= 0.3 is 0 Å². The Morgan fingerprint density at radius 1 is 1.15 bits per heavy atom. The molecule has 0 radical (unpaired) electrons. The van der Waals surface area contributed by atoms with E-state index in [1.165, 1.54) is 36.4 Å². The highest BCUT2D eigenvalue weighted by Gasteiger charge is 2.18. The Morgan fingerprint density at radius 3 is 2.46 bits per heavy atom. The third kappa shape index (κ3) is 4.50. The van der Waals surface area contributed by atoms with Crippen molar-refractivity contribution in [1.82, 2.24) is 0 Å². The van der Waals surface area contributed by atoms with E-state index in [0.29, 0.717) is 10.6 Å². The molecule has 0 aliphatic heterocycles. The average molecular weight is 394 g/mol. The predicted octanol–water partition coefficient (Wildman–Crippen LogP) is 3.51. The van der Waals surface area contributed by atoms with Gasteiger partial charge < -0.3 is 5.11 Å². The Labute approximate surface area is 156 Å². The molecule has 0 amide bonds. The van der Waals surface area contributed by atoms with E-state index < -0.39 is 27.3 Å². The number of sulfonamides is 1. The molecular formula is C18H16ClNO5S. The summed E-state index contributed by atoms with van der Waals surface area (Å²) >= 11 is 5.97. The Kier molecular flexibility index (Phi) is 5.84. The summed E-state index contributed by atoms with van der Waals surface area (Å²) in [5.74, 6) is -2.02. The first kappa shape index (κ1) is 19.7. The first-order chi connectivity index (χ1) is 12.1. The number of hydrogen-bond acceptors (Lipinski definition) is 5. The van der Waals surface area contributed by atoms with E-state index in [1.807, 2.05) is 0 Å². The maximum absolute atomic E-state index is 12.6. The van der Waals surface area contributed by atoms with Crippen LogP contribution in [0, 0.1) is 6.92 Å². The van der Waals surface area contributed by atoms with Gasteiger partial charge in [0.1, 0.15) is 5.76 Å². The van der Waals surface area contributed by atoms with E-state index >= 15 is 0 Å². The molecule has 0 saturated carbocycles. The van der Waals surface area contributed by atoms with Gasteiger partial charge in [-0.05, 0) is 36.8 Å². The first-order valence-electron chi connectivity index (χ1n) is 7.46. The molecule has 0 spiro atoms. The number of aliphatic hydroxyl groups is 1. The van der Waals surface area contributed by atoms with Crippen LogP contribution in [0.2, 0.25) is 5.02 Å². The normalized spacial score (nSPS) is 11.9. The standard InChI is InChI=1S/C18H16ClNO5S/c1-11-15(19)7-4-8-18(11)26(24,25)20-14-6-3-5-13(9-14)17(23)10-16(22)12(2)21/h3-10,20,23H,1-2H3. The van der Waals surface area contributed by atoms with E-state index in [1.54, 1.807) is 13.0 Å². The second kappa shape index (κ2) is 7.72. The number of allylic oxidation sites excluding steroid dienone is 1. The smallest absolute Gasteiger partial charge is 0.262 e. The van der Waals surface area contributed by atoms with Crippen LogP contribution < -0.4 is 4.72 Å². The van der Waals surface area contributed by atoms with Gasteiger partial charge in [0.25, 0.3) is 10.0 Å². The van der Waals surface area contributed by atoms with Crippen molar-refractivity contribution in [1.29, 1.82) is 0 Å². The van der Waals surface area contributed by atoms with Gasteiger partial charge in [0.2, 0.25) is 5.78 Å². The van der Waals surface area contributed by atoms with Crippen molar-refractivity contribution >= 4 is 44.6 Å². The van der Waals surface area contributed by atoms with Gasteiger partial charge in [0, 0.05) is 29.3 Å². The fraction of sp³-hybridized carbons (Fsp3) is 0.111. The van der Waals surface area contributed by atoms with Crippen molar-refractivity contribution in [3.63, 3.8) is 0 Å². The molecule has 0 heterocycles. The highest BCUT2D eigenvalue weighted by atomic mass is 35.5. The summed E-state index contributed by atoms with van der Waals surface area (Å²) in [6.45, 7) is 2.68. The van der Waals surface area contributed by atoms with Crippen LogP contribution in [-0.4, -0.2) is 25.1 Å². The molecule has 8 heteroatoms. The zero-order valence-corrected chi connectivity index (χ0v) is 15.6. The Morgan fingerprint density at radius 2 is 1.81 bits per heavy atom. The molecule has 0 saturated heterocycles. The SMILES string of the molecule is CC(=O)C(=O)C=C(O)c1cccc(NS(=O)(=O)c2cccc(Cl)c2C)c1. The number of hydrogen-bond donors (Lipinski definition) is 2. The summed E-state index contributed by atoms with van der Waals surface area (Å²) in [6, 6.07) is 10.4. The lowest BCUT2D eigenvalue weighted by molar-refractivity contribution is -0.132. The zero-order chi connectivity index (χ0) is 19.5. The second-order valence-electron chi connectivity index (χ2n) is 5.50. The lowest BCUT2D eigenvalue weighted by Crippen LogP contribution is -2.14. The number of ketones is 2. The van der Waals surface area contributed by atoms with Crippen LogP contribution in [0.1, 0.15) is 18.1 Å². The van der Waals surface area contributed by atoms with E-state index in [2.05, 4.69) is 4.72 Å². The fourth-order valence-electron chi connectivity index (χ4n) is 2.14. The fourth-order valence-corrected chi connectivity index (χ4v) is 3.69. The van der Waals surface area contributed by atoms with Crippen LogP contribution in [0.5, 0.6) is 0 Å². The van der Waals surface area contributed by atoms with E-state index in [9.17, 15) is 23.1 Å². The molecule has 136 valence electrons. The topological polar surface area (TPSA) is 101 Å². The number of aliphatic hydroxyl groups excluding tert-OH is 1. The van der Waals surface area contributed by atoms with Gasteiger partial charge in [0.15, 0.2) is 5.78 Å². The third-order valence-electron chi connectivity index (χ3n) is 3.53. The second-order valence-corrected chi connectivity index (χ2v) is 7.56. The molecule has 2 rings (SSSR count). The minimum Gasteiger partial charge on any atom is -0.507 e. The van der Waals surface area contributed by atoms with Crippen molar-refractivity contribution in [2.24, 2.45) is 0 Å². The number of rotatable bonds is 6. The van der Waals surface area contributed by atoms with Crippen LogP contribution in [0.4, 0.5) is 5.69 Å². The summed E-state index contributed by atoms with van der Waals surface area (Å²) in [5.41, 5.74) is 0.771. The first-order valence-corrected chi connectivity index (χ1v) is 9.32. The number of anilines is 1. The van der Waals surface area contributed by atoms with E-state index in [-0.39, 0.29) is 16.1 Å². The zero-order valence-electron chi connectivity index (χ0n) is 14.0. The van der Waals surface area contributed by atoms with Gasteiger partial charge in [-0.25, -0.2) is 8.42 Å². The number of carbonyl (C=O) groups is 2. The third-order valence-corrected chi connectivity index (χ3v) is 5.47. The largest absolute Gasteiger partial charge is 0.507 e. The summed E-state index contributed by atoms with van der Waals surface area (Å²) in [6.07, 6.45) is 0.789. The maximum Gasteiger partial charge on any atom is 0.262 e. The van der Waals surface area contributed by atoms with E-state index in [0.717, 1.165) is 13.0 Å². The highest BCUT2D eigenvalue weighted by molar-refractivity contribution is 7.92. The number of carbonyl (C=O) groups excluding carboxylic acids is 2. The maximum atomic E-state index is 12.6. The van der Waals surface area contributed by atoms with Crippen molar-refractivity contribution in [3.8, 4) is 0 Å². The molecular weight excluding hydrogens is 378 g/mol. The van der Waals surface area contributed by atoms with Crippen molar-refractivity contribution in [2.75, 3.05) is 4.72 Å². The Bertz CT molecular complexity index is 1010. The molecule has 0 unspecified atom stereocenters. The van der Waals surface area contributed by atoms with Gasteiger partial charge in [-0.1, -0.05) is 29.8 Å². The molecule has 2 aromatic carbocycles. The molecule has 0 aliphatic rings. The molecule has 0 atom stereocenters. The summed E-state index contributed by atoms with van der Waals surface area (Å²) < 4.78 is 27.6. The minimum absolute atomic E-state index is 0.0296. The molecule has 2 aromatic rings. The van der Waals surface area contributed by atoms with Crippen molar-refractivity contribution < 1.29 is 23.1 Å². The number of Topliss-reactive ketones (excluding diaryl/α,β-unsaturated/α-hetero) is 1. The summed E-state index contributed by atoms with van der Waals surface area (Å²) in [5, 5.41) is 10.3. The van der Waals surface area contributed by atoms with Crippen molar-refractivity contribution in [2.45, 2.75) is 18.7 Å². The molecule has 0 fully saturated rings. The number of nitrogens with one attached hydrogen (secondary N) is 1. The Hall–Kier alpha value is -2.64. The number of benzene rings is 2. The van der Waals surface area contributed by atoms with Crippen molar-refractivity contribution in [3.05, 3.63) is 64.7 Å². The van der Waals surface area contributed by atoms with Crippen LogP contribution in [0.25, 0.3) is 5.76 Å². The van der Waals surface area contributed by atoms with Gasteiger partial charge in [-0.2, -0.15) is 0 Å². The quantitative estimate of drug-likeness (QED) is 0.444. The van der Waals surface area contributed by atoms with Gasteiger partial charge in [-0.15, -0.1) is 0 Å². The molecule has 0 bridgehead atoms. The van der Waals surface area contributed by atoms with Gasteiger partial charge in [0.05, 0.1) is 4.90 Å². The predicted molar refractivity (Wildman–Crippen MR) is 99.7 cm³/mol. The molecule has 26 heavy (non-hydrogen) atoms. The molecule has 6 nitrogen and oxygen atoms in total. The molecule has 0 aromatic heterocycles. The Balaban J connectivity index is 2.35.